The average molecular weight is 229 g/mol. The third-order valence-corrected chi connectivity index (χ3v) is 3.27. The van der Waals surface area contributed by atoms with Crippen LogP contribution < -0.4 is 5.48 Å². The number of hydrogen-bond acceptors (Lipinski definition) is 4. The topological polar surface area (TPSA) is 55.4 Å². The third kappa shape index (κ3) is 3.30. The monoisotopic (exact) mass is 229 g/mol. The second-order valence-corrected chi connectivity index (χ2v) is 5.40. The number of hydroxylamine groups is 1. The van der Waals surface area contributed by atoms with Crippen molar-refractivity contribution in [2.24, 2.45) is 0 Å². The molecule has 0 fully saturated rings. The standard InChI is InChI=1S/C10H15NO3S/c1-8-4-5-10(15(3,12)13)6-9(8)7-11-14-2/h4-6,11H,7H2,1-3H3. The Balaban J connectivity index is 3.06. The largest absolute Gasteiger partial charge is 0.305 e. The van der Waals surface area contributed by atoms with E-state index in [0.717, 1.165) is 11.1 Å². The third-order valence-electron chi connectivity index (χ3n) is 2.16. The van der Waals surface area contributed by atoms with Gasteiger partial charge in [0.2, 0.25) is 0 Å². The minimum absolute atomic E-state index is 0.334. The van der Waals surface area contributed by atoms with Crippen LogP contribution in [0, 0.1) is 6.92 Å². The smallest absolute Gasteiger partial charge is 0.175 e. The van der Waals surface area contributed by atoms with Gasteiger partial charge in [-0.15, -0.1) is 0 Å². The summed E-state index contributed by atoms with van der Waals surface area (Å²) in [5.74, 6) is 0. The van der Waals surface area contributed by atoms with Gasteiger partial charge in [0, 0.05) is 12.8 Å². The van der Waals surface area contributed by atoms with E-state index < -0.39 is 9.84 Å². The molecule has 0 saturated carbocycles. The summed E-state index contributed by atoms with van der Waals surface area (Å²) in [6, 6.07) is 5.07. The van der Waals surface area contributed by atoms with Crippen LogP contribution in [0.4, 0.5) is 0 Å². The van der Waals surface area contributed by atoms with Crippen LogP contribution in [0.25, 0.3) is 0 Å². The lowest BCUT2D eigenvalue weighted by Crippen LogP contribution is -2.12. The minimum atomic E-state index is -3.14. The van der Waals surface area contributed by atoms with E-state index in [-0.39, 0.29) is 0 Å². The summed E-state index contributed by atoms with van der Waals surface area (Å²) in [6.45, 7) is 2.42. The van der Waals surface area contributed by atoms with Crippen molar-refractivity contribution in [3.8, 4) is 0 Å². The summed E-state index contributed by atoms with van der Waals surface area (Å²) in [4.78, 5) is 5.06. The summed E-state index contributed by atoms with van der Waals surface area (Å²) in [5, 5.41) is 0. The molecule has 1 N–H and O–H groups in total. The van der Waals surface area contributed by atoms with E-state index in [4.69, 9.17) is 4.84 Å². The fourth-order valence-electron chi connectivity index (χ4n) is 1.22. The van der Waals surface area contributed by atoms with E-state index in [1.807, 2.05) is 6.92 Å². The number of rotatable bonds is 4. The van der Waals surface area contributed by atoms with Gasteiger partial charge in [-0.05, 0) is 30.2 Å². The molecule has 0 heterocycles. The number of nitrogens with one attached hydrogen (secondary N) is 1. The van der Waals surface area contributed by atoms with Crippen LogP contribution in [0.1, 0.15) is 11.1 Å². The molecule has 0 aliphatic rings. The van der Waals surface area contributed by atoms with Crippen LogP contribution in [0.2, 0.25) is 0 Å². The van der Waals surface area contributed by atoms with Crippen molar-refractivity contribution in [2.45, 2.75) is 18.4 Å². The average Bonchev–Trinajstić information content (AvgIpc) is 2.15. The van der Waals surface area contributed by atoms with Gasteiger partial charge in [-0.2, -0.15) is 5.48 Å². The maximum Gasteiger partial charge on any atom is 0.175 e. The van der Waals surface area contributed by atoms with Crippen LogP contribution >= 0.6 is 0 Å². The summed E-state index contributed by atoms with van der Waals surface area (Å²) < 4.78 is 22.6. The molecule has 1 rings (SSSR count). The first kappa shape index (κ1) is 12.2. The maximum atomic E-state index is 11.3. The number of sulfone groups is 1. The van der Waals surface area contributed by atoms with Gasteiger partial charge in [0.05, 0.1) is 12.0 Å². The molecule has 0 spiro atoms. The van der Waals surface area contributed by atoms with Crippen molar-refractivity contribution in [3.63, 3.8) is 0 Å². The van der Waals surface area contributed by atoms with Gasteiger partial charge < -0.3 is 4.84 Å². The number of aryl methyl sites for hydroxylation is 1. The minimum Gasteiger partial charge on any atom is -0.305 e. The van der Waals surface area contributed by atoms with Crippen LogP contribution in [-0.4, -0.2) is 21.8 Å². The summed E-state index contributed by atoms with van der Waals surface area (Å²) >= 11 is 0. The second kappa shape index (κ2) is 4.74. The highest BCUT2D eigenvalue weighted by atomic mass is 32.2. The quantitative estimate of drug-likeness (QED) is 0.784. The Morgan fingerprint density at radius 2 is 2.07 bits per heavy atom. The fourth-order valence-corrected chi connectivity index (χ4v) is 1.89. The van der Waals surface area contributed by atoms with Crippen molar-refractivity contribution in [2.75, 3.05) is 13.4 Å². The molecule has 0 bridgehead atoms. The molecular weight excluding hydrogens is 214 g/mol. The number of benzene rings is 1. The lowest BCUT2D eigenvalue weighted by atomic mass is 10.1. The van der Waals surface area contributed by atoms with Gasteiger partial charge >= 0.3 is 0 Å². The summed E-state index contributed by atoms with van der Waals surface area (Å²) in [6.07, 6.45) is 1.20. The van der Waals surface area contributed by atoms with E-state index in [0.29, 0.717) is 11.4 Å². The molecule has 0 aliphatic heterocycles. The zero-order valence-corrected chi connectivity index (χ0v) is 9.89. The van der Waals surface area contributed by atoms with Crippen molar-refractivity contribution in [1.29, 1.82) is 0 Å². The first-order valence-corrected chi connectivity index (χ1v) is 6.39. The molecule has 1 aromatic rings. The Kier molecular flexibility index (Phi) is 3.84. The van der Waals surface area contributed by atoms with Gasteiger partial charge in [0.25, 0.3) is 0 Å². The normalized spacial score (nSPS) is 11.7. The van der Waals surface area contributed by atoms with E-state index in [1.54, 1.807) is 18.2 Å². The molecule has 0 atom stereocenters. The molecule has 15 heavy (non-hydrogen) atoms. The van der Waals surface area contributed by atoms with Crippen LogP contribution in [-0.2, 0) is 21.2 Å². The molecule has 84 valence electrons. The van der Waals surface area contributed by atoms with Crippen molar-refractivity contribution in [3.05, 3.63) is 29.3 Å². The lowest BCUT2D eigenvalue weighted by Gasteiger charge is -2.08. The molecule has 0 unspecified atom stereocenters. The number of hydrogen-bond donors (Lipinski definition) is 1. The molecule has 0 radical (unpaired) electrons. The molecular formula is C10H15NO3S. The van der Waals surface area contributed by atoms with Gasteiger partial charge in [-0.3, -0.25) is 0 Å². The zero-order valence-electron chi connectivity index (χ0n) is 9.07. The van der Waals surface area contributed by atoms with E-state index in [2.05, 4.69) is 5.48 Å². The summed E-state index contributed by atoms with van der Waals surface area (Å²) in [7, 11) is -1.61. The Morgan fingerprint density at radius 3 is 2.60 bits per heavy atom. The predicted molar refractivity (Wildman–Crippen MR) is 58.1 cm³/mol. The first-order valence-electron chi connectivity index (χ1n) is 4.50. The fraction of sp³-hybridized carbons (Fsp3) is 0.400. The van der Waals surface area contributed by atoms with E-state index >= 15 is 0 Å². The Labute approximate surface area is 90.1 Å². The van der Waals surface area contributed by atoms with Gasteiger partial charge in [-0.1, -0.05) is 6.07 Å². The van der Waals surface area contributed by atoms with Gasteiger partial charge in [0.15, 0.2) is 9.84 Å². The summed E-state index contributed by atoms with van der Waals surface area (Å²) in [5.41, 5.74) is 4.64. The molecule has 0 amide bonds. The Hall–Kier alpha value is -0.910. The molecule has 4 nitrogen and oxygen atoms in total. The van der Waals surface area contributed by atoms with E-state index in [9.17, 15) is 8.42 Å². The highest BCUT2D eigenvalue weighted by Gasteiger charge is 2.08. The van der Waals surface area contributed by atoms with Gasteiger partial charge in [-0.25, -0.2) is 8.42 Å². The lowest BCUT2D eigenvalue weighted by molar-refractivity contribution is 0.0865. The molecule has 0 aliphatic carbocycles. The van der Waals surface area contributed by atoms with E-state index in [1.165, 1.54) is 13.4 Å². The zero-order chi connectivity index (χ0) is 11.5. The Morgan fingerprint density at radius 1 is 1.40 bits per heavy atom. The van der Waals surface area contributed by atoms with Gasteiger partial charge in [0.1, 0.15) is 0 Å². The van der Waals surface area contributed by atoms with Crippen molar-refractivity contribution >= 4 is 9.84 Å². The molecule has 0 aromatic heterocycles. The predicted octanol–water partition coefficient (Wildman–Crippen LogP) is 1.05. The Bertz CT molecular complexity index is 440. The van der Waals surface area contributed by atoms with Crippen molar-refractivity contribution in [1.82, 2.24) is 5.48 Å². The highest BCUT2D eigenvalue weighted by Crippen LogP contribution is 2.15. The molecule has 5 heteroatoms. The van der Waals surface area contributed by atoms with Crippen molar-refractivity contribution < 1.29 is 13.3 Å². The maximum absolute atomic E-state index is 11.3. The second-order valence-electron chi connectivity index (χ2n) is 3.39. The van der Waals surface area contributed by atoms with Crippen LogP contribution in [0.5, 0.6) is 0 Å². The SMILES string of the molecule is CONCc1cc(S(C)(=O)=O)ccc1C. The molecule has 0 saturated heterocycles. The first-order chi connectivity index (χ1) is 6.95. The highest BCUT2D eigenvalue weighted by molar-refractivity contribution is 7.90. The molecule has 1 aromatic carbocycles. The van der Waals surface area contributed by atoms with Crippen LogP contribution in [0.3, 0.4) is 0 Å². The van der Waals surface area contributed by atoms with Crippen LogP contribution in [0.15, 0.2) is 23.1 Å².